The number of non-ortho nitro benzene ring substituents is 1. The van der Waals surface area contributed by atoms with Crippen LogP contribution >= 0.6 is 0 Å². The highest BCUT2D eigenvalue weighted by Crippen LogP contribution is 2.38. The molecule has 0 atom stereocenters. The largest absolute Gasteiger partial charge is 0.493 e. The van der Waals surface area contributed by atoms with Crippen LogP contribution in [0.2, 0.25) is 0 Å². The number of unbranched alkanes of at least 4 members (excludes halogenated alkanes) is 2. The van der Waals surface area contributed by atoms with Crippen LogP contribution in [0, 0.1) is 16.0 Å². The SMILES string of the molecule is CCOC(=O)C(CCCCCOc1ccc2ccccc2c1-c1nc2ccc([N+](=O)[O-])cc2o1)C(=O)OCC. The summed E-state index contributed by atoms with van der Waals surface area (Å²) in [7, 11) is 0. The monoisotopic (exact) mass is 534 g/mol. The Hall–Kier alpha value is -4.47. The van der Waals surface area contributed by atoms with Crippen molar-refractivity contribution in [3.8, 4) is 17.2 Å². The zero-order chi connectivity index (χ0) is 27.8. The molecule has 0 aliphatic heterocycles. The molecule has 0 unspecified atom stereocenters. The van der Waals surface area contributed by atoms with Gasteiger partial charge < -0.3 is 18.6 Å². The summed E-state index contributed by atoms with van der Waals surface area (Å²) in [6.07, 6.45) is 2.38. The summed E-state index contributed by atoms with van der Waals surface area (Å²) in [5.74, 6) is -1.16. The number of ether oxygens (including phenoxy) is 3. The maximum Gasteiger partial charge on any atom is 0.320 e. The van der Waals surface area contributed by atoms with Crippen molar-refractivity contribution >= 4 is 39.5 Å². The number of nitro groups is 1. The molecule has 0 bridgehead atoms. The van der Waals surface area contributed by atoms with Crippen LogP contribution in [0.25, 0.3) is 33.3 Å². The molecular formula is C29H30N2O8. The minimum atomic E-state index is -0.923. The van der Waals surface area contributed by atoms with E-state index in [-0.39, 0.29) is 18.9 Å². The fourth-order valence-electron chi connectivity index (χ4n) is 4.35. The van der Waals surface area contributed by atoms with Crippen LogP contribution < -0.4 is 4.74 Å². The number of nitro benzene ring substituents is 1. The van der Waals surface area contributed by atoms with Crippen molar-refractivity contribution in [2.75, 3.05) is 19.8 Å². The second-order valence-corrected chi connectivity index (χ2v) is 8.84. The second-order valence-electron chi connectivity index (χ2n) is 8.84. The Morgan fingerprint density at radius 3 is 2.44 bits per heavy atom. The summed E-state index contributed by atoms with van der Waals surface area (Å²) in [5, 5.41) is 13.0. The minimum Gasteiger partial charge on any atom is -0.493 e. The molecule has 1 heterocycles. The van der Waals surface area contributed by atoms with Crippen LogP contribution in [0.3, 0.4) is 0 Å². The number of rotatable bonds is 13. The zero-order valence-corrected chi connectivity index (χ0v) is 21.9. The summed E-state index contributed by atoms with van der Waals surface area (Å²) in [6, 6.07) is 15.9. The summed E-state index contributed by atoms with van der Waals surface area (Å²) >= 11 is 0. The van der Waals surface area contributed by atoms with E-state index in [4.69, 9.17) is 18.6 Å². The molecule has 10 heteroatoms. The number of oxazole rings is 1. The number of nitrogens with zero attached hydrogens (tertiary/aromatic N) is 2. The molecule has 4 aromatic rings. The third-order valence-electron chi connectivity index (χ3n) is 6.22. The Kier molecular flexibility index (Phi) is 9.09. The average Bonchev–Trinajstić information content (AvgIpc) is 3.35. The third kappa shape index (κ3) is 6.51. The van der Waals surface area contributed by atoms with Gasteiger partial charge in [0.2, 0.25) is 5.89 Å². The standard InChI is InChI=1S/C29H30N2O8/c1-3-36-28(32)22(29(33)37-4-2)12-6-5-9-17-38-24-16-13-19-10-7-8-11-21(19)26(24)27-30-23-15-14-20(31(34)35)18-25(23)39-27/h7-8,10-11,13-16,18,22H,3-6,9,12,17H2,1-2H3. The summed E-state index contributed by atoms with van der Waals surface area (Å²) in [5.41, 5.74) is 1.41. The van der Waals surface area contributed by atoms with Gasteiger partial charge in [0.25, 0.3) is 5.69 Å². The molecule has 0 aliphatic rings. The van der Waals surface area contributed by atoms with Gasteiger partial charge in [-0.15, -0.1) is 0 Å². The van der Waals surface area contributed by atoms with Gasteiger partial charge in [-0.2, -0.15) is 0 Å². The molecule has 0 N–H and O–H groups in total. The molecule has 0 saturated heterocycles. The Morgan fingerprint density at radius 2 is 1.72 bits per heavy atom. The summed E-state index contributed by atoms with van der Waals surface area (Å²) in [4.78, 5) is 39.6. The van der Waals surface area contributed by atoms with Crippen molar-refractivity contribution in [2.24, 2.45) is 5.92 Å². The smallest absolute Gasteiger partial charge is 0.320 e. The highest BCUT2D eigenvalue weighted by atomic mass is 16.6. The van der Waals surface area contributed by atoms with Crippen molar-refractivity contribution in [3.63, 3.8) is 0 Å². The van der Waals surface area contributed by atoms with Gasteiger partial charge in [-0.1, -0.05) is 43.2 Å². The maximum atomic E-state index is 12.2. The van der Waals surface area contributed by atoms with Crippen LogP contribution in [-0.4, -0.2) is 41.7 Å². The molecule has 0 saturated carbocycles. The minimum absolute atomic E-state index is 0.0762. The highest BCUT2D eigenvalue weighted by molar-refractivity contribution is 5.99. The molecule has 0 fully saturated rings. The number of carbonyl (C=O) groups is 2. The summed E-state index contributed by atoms with van der Waals surface area (Å²) in [6.45, 7) is 4.19. The van der Waals surface area contributed by atoms with Crippen molar-refractivity contribution in [1.29, 1.82) is 0 Å². The molecule has 0 amide bonds. The van der Waals surface area contributed by atoms with E-state index < -0.39 is 22.8 Å². The lowest BCUT2D eigenvalue weighted by Gasteiger charge is -2.14. The molecule has 0 radical (unpaired) electrons. The molecule has 0 spiro atoms. The van der Waals surface area contributed by atoms with Gasteiger partial charge in [0.15, 0.2) is 11.5 Å². The normalized spacial score (nSPS) is 11.2. The topological polar surface area (TPSA) is 131 Å². The fourth-order valence-corrected chi connectivity index (χ4v) is 4.35. The van der Waals surface area contributed by atoms with Gasteiger partial charge in [0, 0.05) is 6.07 Å². The van der Waals surface area contributed by atoms with Crippen molar-refractivity contribution < 1.29 is 33.1 Å². The van der Waals surface area contributed by atoms with Crippen molar-refractivity contribution in [3.05, 3.63) is 64.7 Å². The Bertz CT molecular complexity index is 1460. The molecule has 204 valence electrons. The molecule has 4 rings (SSSR count). The van der Waals surface area contributed by atoms with E-state index in [0.717, 1.165) is 17.2 Å². The van der Waals surface area contributed by atoms with Gasteiger partial charge in [-0.05, 0) is 49.6 Å². The number of carbonyl (C=O) groups excluding carboxylic acids is 2. The van der Waals surface area contributed by atoms with Crippen LogP contribution in [0.5, 0.6) is 5.75 Å². The number of hydrogen-bond donors (Lipinski definition) is 0. The first-order valence-corrected chi connectivity index (χ1v) is 13.0. The van der Waals surface area contributed by atoms with Crippen LogP contribution in [0.15, 0.2) is 59.0 Å². The van der Waals surface area contributed by atoms with E-state index in [0.29, 0.717) is 54.2 Å². The quantitative estimate of drug-likeness (QED) is 0.0643. The molecular weight excluding hydrogens is 504 g/mol. The Morgan fingerprint density at radius 1 is 0.974 bits per heavy atom. The summed E-state index contributed by atoms with van der Waals surface area (Å²) < 4.78 is 22.2. The van der Waals surface area contributed by atoms with E-state index in [9.17, 15) is 19.7 Å². The predicted octanol–water partition coefficient (Wildman–Crippen LogP) is 6.24. The first-order chi connectivity index (χ1) is 18.9. The van der Waals surface area contributed by atoms with Crippen molar-refractivity contribution in [2.45, 2.75) is 39.5 Å². The van der Waals surface area contributed by atoms with Gasteiger partial charge in [0.05, 0.1) is 36.4 Å². The number of esters is 2. The lowest BCUT2D eigenvalue weighted by Crippen LogP contribution is -2.28. The number of hydrogen-bond acceptors (Lipinski definition) is 9. The molecule has 39 heavy (non-hydrogen) atoms. The number of benzene rings is 3. The zero-order valence-electron chi connectivity index (χ0n) is 21.9. The number of aromatic nitrogens is 1. The molecule has 3 aromatic carbocycles. The van der Waals surface area contributed by atoms with E-state index in [2.05, 4.69) is 4.98 Å². The van der Waals surface area contributed by atoms with Gasteiger partial charge in [-0.25, -0.2) is 4.98 Å². The molecule has 10 nitrogen and oxygen atoms in total. The van der Waals surface area contributed by atoms with E-state index >= 15 is 0 Å². The van der Waals surface area contributed by atoms with Crippen LogP contribution in [0.1, 0.15) is 39.5 Å². The van der Waals surface area contributed by atoms with Gasteiger partial charge in [-0.3, -0.25) is 19.7 Å². The molecule has 1 aromatic heterocycles. The predicted molar refractivity (Wildman–Crippen MR) is 144 cm³/mol. The number of fused-ring (bicyclic) bond motifs is 2. The van der Waals surface area contributed by atoms with E-state index in [1.807, 2.05) is 36.4 Å². The average molecular weight is 535 g/mol. The van der Waals surface area contributed by atoms with Crippen LogP contribution in [0.4, 0.5) is 5.69 Å². The second kappa shape index (κ2) is 12.9. The first kappa shape index (κ1) is 27.6. The van der Waals surface area contributed by atoms with Crippen LogP contribution in [-0.2, 0) is 19.1 Å². The molecule has 0 aliphatic carbocycles. The Balaban J connectivity index is 1.46. The first-order valence-electron chi connectivity index (χ1n) is 13.0. The third-order valence-corrected chi connectivity index (χ3v) is 6.22. The maximum absolute atomic E-state index is 12.2. The Labute approximate surface area is 225 Å². The van der Waals surface area contributed by atoms with Gasteiger partial charge >= 0.3 is 11.9 Å². The van der Waals surface area contributed by atoms with Gasteiger partial charge in [0.1, 0.15) is 11.3 Å². The highest BCUT2D eigenvalue weighted by Gasteiger charge is 2.28. The van der Waals surface area contributed by atoms with Crippen molar-refractivity contribution in [1.82, 2.24) is 4.98 Å². The lowest BCUT2D eigenvalue weighted by atomic mass is 10.0. The van der Waals surface area contributed by atoms with E-state index in [1.165, 1.54) is 12.1 Å². The fraction of sp³-hybridized carbons (Fsp3) is 0.345. The van der Waals surface area contributed by atoms with E-state index in [1.54, 1.807) is 19.9 Å². The lowest BCUT2D eigenvalue weighted by molar-refractivity contribution is -0.384.